The Morgan fingerprint density at radius 3 is 2.39 bits per heavy atom. The number of likely N-dealkylation sites (N-methyl/N-ethyl adjacent to an activating group) is 1. The Labute approximate surface area is 167 Å². The van der Waals surface area contributed by atoms with Crippen molar-refractivity contribution < 1.29 is 4.79 Å². The van der Waals surface area contributed by atoms with E-state index < -0.39 is 0 Å². The van der Waals surface area contributed by atoms with Crippen LogP contribution in [0.5, 0.6) is 0 Å². The van der Waals surface area contributed by atoms with E-state index >= 15 is 0 Å². The monoisotopic (exact) mass is 373 g/mol. The Hall–Kier alpha value is -2.64. The standard InChI is InChI=1S/C24H27N3O/c1-26-18-24(15-22(23(26)28)21-5-3-2-4-6-21)11-13-27(14-12-24)17-20-9-7-19(16-25)8-10-20/h2-10,22H,11-15,17-18H2,1H3/t22-/m0/s1. The second kappa shape index (κ2) is 7.77. The first-order valence-electron chi connectivity index (χ1n) is 10.1. The fourth-order valence-electron chi connectivity index (χ4n) is 4.87. The van der Waals surface area contributed by atoms with Crippen molar-refractivity contribution in [2.24, 2.45) is 5.41 Å². The third-order valence-corrected chi connectivity index (χ3v) is 6.49. The molecule has 4 nitrogen and oxygen atoms in total. The summed E-state index contributed by atoms with van der Waals surface area (Å²) in [7, 11) is 1.96. The van der Waals surface area contributed by atoms with E-state index in [1.165, 1.54) is 5.56 Å². The van der Waals surface area contributed by atoms with E-state index in [0.29, 0.717) is 5.56 Å². The van der Waals surface area contributed by atoms with E-state index in [9.17, 15) is 4.79 Å². The van der Waals surface area contributed by atoms with E-state index in [1.54, 1.807) is 0 Å². The maximum absolute atomic E-state index is 12.8. The number of hydrogen-bond acceptors (Lipinski definition) is 3. The second-order valence-electron chi connectivity index (χ2n) is 8.45. The van der Waals surface area contributed by atoms with Crippen LogP contribution >= 0.6 is 0 Å². The SMILES string of the molecule is CN1CC2(CCN(Cc3ccc(C#N)cc3)CC2)C[C@@H](c2ccccc2)C1=O. The Balaban J connectivity index is 1.42. The van der Waals surface area contributed by atoms with Gasteiger partial charge in [0.2, 0.25) is 5.91 Å². The number of hydrogen-bond donors (Lipinski definition) is 0. The number of carbonyl (C=O) groups is 1. The minimum Gasteiger partial charge on any atom is -0.345 e. The smallest absolute Gasteiger partial charge is 0.229 e. The van der Waals surface area contributed by atoms with Crippen LogP contribution in [0.25, 0.3) is 0 Å². The van der Waals surface area contributed by atoms with Gasteiger partial charge in [-0.25, -0.2) is 0 Å². The van der Waals surface area contributed by atoms with E-state index in [-0.39, 0.29) is 17.2 Å². The van der Waals surface area contributed by atoms with Gasteiger partial charge in [-0.05, 0) is 61.0 Å². The van der Waals surface area contributed by atoms with Gasteiger partial charge in [0.15, 0.2) is 0 Å². The molecule has 2 aromatic carbocycles. The molecule has 4 heteroatoms. The van der Waals surface area contributed by atoms with E-state index in [1.807, 2.05) is 42.3 Å². The molecule has 0 N–H and O–H groups in total. The summed E-state index contributed by atoms with van der Waals surface area (Å²) >= 11 is 0. The molecule has 0 saturated carbocycles. The molecule has 28 heavy (non-hydrogen) atoms. The molecule has 2 aliphatic heterocycles. The lowest BCUT2D eigenvalue weighted by atomic mass is 9.67. The minimum absolute atomic E-state index is 0.00924. The quantitative estimate of drug-likeness (QED) is 0.822. The number of carbonyl (C=O) groups excluding carboxylic acids is 1. The van der Waals surface area contributed by atoms with Crippen LogP contribution in [0.2, 0.25) is 0 Å². The average molecular weight is 374 g/mol. The van der Waals surface area contributed by atoms with Gasteiger partial charge < -0.3 is 4.90 Å². The molecule has 2 fully saturated rings. The van der Waals surface area contributed by atoms with Crippen LogP contribution in [-0.2, 0) is 11.3 Å². The summed E-state index contributed by atoms with van der Waals surface area (Å²) < 4.78 is 0. The van der Waals surface area contributed by atoms with Crippen molar-refractivity contribution in [3.8, 4) is 6.07 Å². The Morgan fingerprint density at radius 2 is 1.75 bits per heavy atom. The van der Waals surface area contributed by atoms with Gasteiger partial charge in [-0.1, -0.05) is 42.5 Å². The van der Waals surface area contributed by atoms with E-state index in [2.05, 4.69) is 35.2 Å². The van der Waals surface area contributed by atoms with Crippen LogP contribution in [0.4, 0.5) is 0 Å². The Morgan fingerprint density at radius 1 is 1.07 bits per heavy atom. The molecule has 2 aliphatic rings. The Bertz CT molecular complexity index is 861. The average Bonchev–Trinajstić information content (AvgIpc) is 2.74. The van der Waals surface area contributed by atoms with Gasteiger partial charge in [-0.2, -0.15) is 5.26 Å². The summed E-state index contributed by atoms with van der Waals surface area (Å²) in [6, 6.07) is 20.3. The maximum atomic E-state index is 12.8. The summed E-state index contributed by atoms with van der Waals surface area (Å²) in [6.07, 6.45) is 3.22. The van der Waals surface area contributed by atoms with Crippen LogP contribution in [0, 0.1) is 16.7 Å². The highest BCUT2D eigenvalue weighted by atomic mass is 16.2. The third-order valence-electron chi connectivity index (χ3n) is 6.49. The van der Waals surface area contributed by atoms with Crippen molar-refractivity contribution in [3.05, 3.63) is 71.3 Å². The molecular formula is C24H27N3O. The van der Waals surface area contributed by atoms with Gasteiger partial charge >= 0.3 is 0 Å². The summed E-state index contributed by atoms with van der Waals surface area (Å²) in [4.78, 5) is 17.3. The van der Waals surface area contributed by atoms with Crippen molar-refractivity contribution in [2.75, 3.05) is 26.7 Å². The number of piperidine rings is 2. The van der Waals surface area contributed by atoms with Crippen LogP contribution in [0.3, 0.4) is 0 Å². The lowest BCUT2D eigenvalue weighted by Gasteiger charge is -2.49. The van der Waals surface area contributed by atoms with Crippen molar-refractivity contribution in [1.29, 1.82) is 5.26 Å². The zero-order chi connectivity index (χ0) is 19.6. The zero-order valence-corrected chi connectivity index (χ0v) is 16.5. The minimum atomic E-state index is -0.00924. The largest absolute Gasteiger partial charge is 0.345 e. The molecule has 2 heterocycles. The van der Waals surface area contributed by atoms with Crippen LogP contribution in [0.15, 0.2) is 54.6 Å². The van der Waals surface area contributed by atoms with Crippen molar-refractivity contribution in [3.63, 3.8) is 0 Å². The molecule has 4 rings (SSSR count). The molecule has 1 amide bonds. The first-order chi connectivity index (χ1) is 13.6. The number of benzene rings is 2. The van der Waals surface area contributed by atoms with E-state index in [0.717, 1.165) is 51.0 Å². The topological polar surface area (TPSA) is 47.3 Å². The highest BCUT2D eigenvalue weighted by Crippen LogP contribution is 2.45. The molecule has 1 atom stereocenters. The second-order valence-corrected chi connectivity index (χ2v) is 8.45. The summed E-state index contributed by atoms with van der Waals surface area (Å²) in [5, 5.41) is 8.95. The number of amides is 1. The van der Waals surface area contributed by atoms with Gasteiger partial charge in [0.1, 0.15) is 0 Å². The highest BCUT2D eigenvalue weighted by Gasteiger charge is 2.44. The predicted molar refractivity (Wildman–Crippen MR) is 110 cm³/mol. The third kappa shape index (κ3) is 3.81. The molecular weight excluding hydrogens is 346 g/mol. The van der Waals surface area contributed by atoms with Gasteiger partial charge in [0.25, 0.3) is 0 Å². The highest BCUT2D eigenvalue weighted by molar-refractivity contribution is 5.84. The van der Waals surface area contributed by atoms with Gasteiger partial charge in [-0.3, -0.25) is 9.69 Å². The summed E-state index contributed by atoms with van der Waals surface area (Å²) in [6.45, 7) is 3.92. The first-order valence-corrected chi connectivity index (χ1v) is 10.1. The maximum Gasteiger partial charge on any atom is 0.229 e. The predicted octanol–water partition coefficient (Wildman–Crippen LogP) is 3.79. The molecule has 144 valence electrons. The summed E-state index contributed by atoms with van der Waals surface area (Å²) in [5.74, 6) is 0.252. The molecule has 2 saturated heterocycles. The van der Waals surface area contributed by atoms with Crippen molar-refractivity contribution >= 4 is 5.91 Å². The van der Waals surface area contributed by atoms with Gasteiger partial charge in [0.05, 0.1) is 17.6 Å². The number of nitriles is 1. The molecule has 0 aromatic heterocycles. The molecule has 0 bridgehead atoms. The Kier molecular flexibility index (Phi) is 5.19. The first kappa shape index (κ1) is 18.7. The normalized spacial score (nSPS) is 22.2. The molecule has 0 radical (unpaired) electrons. The lowest BCUT2D eigenvalue weighted by molar-refractivity contribution is -0.139. The lowest BCUT2D eigenvalue weighted by Crippen LogP contribution is -2.52. The molecule has 1 spiro atoms. The van der Waals surface area contributed by atoms with Crippen LogP contribution < -0.4 is 0 Å². The van der Waals surface area contributed by atoms with E-state index in [4.69, 9.17) is 5.26 Å². The fraction of sp³-hybridized carbons (Fsp3) is 0.417. The van der Waals surface area contributed by atoms with Crippen molar-refractivity contribution in [2.45, 2.75) is 31.7 Å². The fourth-order valence-corrected chi connectivity index (χ4v) is 4.87. The number of nitrogens with zero attached hydrogens (tertiary/aromatic N) is 3. The molecule has 0 unspecified atom stereocenters. The van der Waals surface area contributed by atoms with Crippen LogP contribution in [-0.4, -0.2) is 42.4 Å². The molecule has 0 aliphatic carbocycles. The zero-order valence-electron chi connectivity index (χ0n) is 16.5. The van der Waals surface area contributed by atoms with Crippen LogP contribution in [0.1, 0.15) is 41.9 Å². The summed E-state index contributed by atoms with van der Waals surface area (Å²) in [5.41, 5.74) is 3.35. The van der Waals surface area contributed by atoms with Crippen molar-refractivity contribution in [1.82, 2.24) is 9.80 Å². The van der Waals surface area contributed by atoms with Gasteiger partial charge in [-0.15, -0.1) is 0 Å². The van der Waals surface area contributed by atoms with Gasteiger partial charge in [0, 0.05) is 20.1 Å². The molecule has 2 aromatic rings. The number of rotatable bonds is 3. The number of likely N-dealkylation sites (tertiary alicyclic amines) is 2.